The number of halogens is 5. The summed E-state index contributed by atoms with van der Waals surface area (Å²) >= 11 is 0. The Morgan fingerprint density at radius 1 is 1.04 bits per heavy atom. The quantitative estimate of drug-likeness (QED) is 0.227. The van der Waals surface area contributed by atoms with Gasteiger partial charge in [0.25, 0.3) is 5.91 Å². The number of carbonyl (C=O) groups is 2. The van der Waals surface area contributed by atoms with Crippen molar-refractivity contribution in [2.45, 2.75) is 62.6 Å². The van der Waals surface area contributed by atoms with E-state index in [0.29, 0.717) is 31.1 Å². The van der Waals surface area contributed by atoms with E-state index in [-0.39, 0.29) is 48.4 Å². The molecule has 1 spiro atoms. The van der Waals surface area contributed by atoms with Crippen molar-refractivity contribution in [1.29, 1.82) is 0 Å². The molecule has 0 aromatic heterocycles. The Hall–Kier alpha value is -3.87. The number of hydrogen-bond donors (Lipinski definition) is 0. The first-order valence-corrected chi connectivity index (χ1v) is 17.0. The number of rotatable bonds is 10. The summed E-state index contributed by atoms with van der Waals surface area (Å²) in [5.74, 6) is -1.19. The molecule has 7 nitrogen and oxygen atoms in total. The van der Waals surface area contributed by atoms with Gasteiger partial charge in [0.15, 0.2) is 0 Å². The van der Waals surface area contributed by atoms with E-state index in [4.69, 9.17) is 9.47 Å². The van der Waals surface area contributed by atoms with Crippen molar-refractivity contribution >= 4 is 11.8 Å². The molecule has 1 aliphatic carbocycles. The Labute approximate surface area is 288 Å². The molecule has 3 aromatic rings. The highest BCUT2D eigenvalue weighted by Crippen LogP contribution is 2.48. The van der Waals surface area contributed by atoms with E-state index >= 15 is 0 Å². The van der Waals surface area contributed by atoms with Gasteiger partial charge in [-0.05, 0) is 98.3 Å². The van der Waals surface area contributed by atoms with Crippen molar-refractivity contribution < 1.29 is 41.0 Å². The van der Waals surface area contributed by atoms with Gasteiger partial charge in [0, 0.05) is 31.1 Å². The van der Waals surface area contributed by atoms with Crippen molar-refractivity contribution in [2.75, 3.05) is 53.1 Å². The third kappa shape index (κ3) is 7.15. The Bertz CT molecular complexity index is 1690. The summed E-state index contributed by atoms with van der Waals surface area (Å²) in [5.41, 5.74) is 0.266. The monoisotopic (exact) mass is 699 g/mol. The zero-order chi connectivity index (χ0) is 35.7. The molecule has 0 radical (unpaired) electrons. The number of likely N-dealkylation sites (tertiary alicyclic amines) is 1. The molecule has 0 bridgehead atoms. The van der Waals surface area contributed by atoms with Crippen LogP contribution in [-0.4, -0.2) is 85.7 Å². The molecule has 2 saturated heterocycles. The van der Waals surface area contributed by atoms with E-state index < -0.39 is 35.7 Å². The number of hydrogen-bond acceptors (Lipinski definition) is 5. The summed E-state index contributed by atoms with van der Waals surface area (Å²) in [7, 11) is 1.76. The van der Waals surface area contributed by atoms with Crippen LogP contribution in [0.3, 0.4) is 0 Å². The lowest BCUT2D eigenvalue weighted by molar-refractivity contribution is -0.139. The molecule has 2 atom stereocenters. The van der Waals surface area contributed by atoms with Crippen molar-refractivity contribution in [2.24, 2.45) is 0 Å². The predicted molar refractivity (Wildman–Crippen MR) is 176 cm³/mol. The maximum Gasteiger partial charge on any atom is 0.416 e. The van der Waals surface area contributed by atoms with Gasteiger partial charge >= 0.3 is 6.18 Å². The van der Waals surface area contributed by atoms with E-state index in [0.717, 1.165) is 44.5 Å². The van der Waals surface area contributed by atoms with Crippen molar-refractivity contribution in [1.82, 2.24) is 14.7 Å². The second-order valence-corrected chi connectivity index (χ2v) is 13.6. The lowest BCUT2D eigenvalue weighted by atomic mass is 9.72. The summed E-state index contributed by atoms with van der Waals surface area (Å²) in [4.78, 5) is 31.4. The molecule has 3 aliphatic rings. The van der Waals surface area contributed by atoms with E-state index in [1.54, 1.807) is 24.1 Å². The van der Waals surface area contributed by atoms with Gasteiger partial charge in [0.05, 0.1) is 18.2 Å². The minimum atomic E-state index is -4.75. The summed E-state index contributed by atoms with van der Waals surface area (Å²) in [6, 6.07) is 16.8. The van der Waals surface area contributed by atoms with Crippen LogP contribution in [0.25, 0.3) is 0 Å². The smallest absolute Gasteiger partial charge is 0.367 e. The molecule has 2 fully saturated rings. The van der Waals surface area contributed by atoms with Gasteiger partial charge in [0.1, 0.15) is 31.4 Å². The highest BCUT2D eigenvalue weighted by Gasteiger charge is 2.50. The average Bonchev–Trinajstić information content (AvgIpc) is 3.69. The Morgan fingerprint density at radius 2 is 1.76 bits per heavy atom. The lowest BCUT2D eigenvalue weighted by Gasteiger charge is -2.44. The fourth-order valence-electron chi connectivity index (χ4n) is 7.73. The van der Waals surface area contributed by atoms with Crippen LogP contribution in [-0.2, 0) is 44.6 Å². The number of alkyl halides is 4. The molecule has 2 amide bonds. The zero-order valence-corrected chi connectivity index (χ0v) is 28.3. The third-order valence-corrected chi connectivity index (χ3v) is 10.8. The van der Waals surface area contributed by atoms with Crippen LogP contribution in [0.1, 0.15) is 64.4 Å². The molecular formula is C38H42F5N3O4. The summed E-state index contributed by atoms with van der Waals surface area (Å²) in [5, 5.41) is 0. The van der Waals surface area contributed by atoms with Crippen molar-refractivity contribution in [3.05, 3.63) is 106 Å². The average molecular weight is 700 g/mol. The number of benzene rings is 3. The van der Waals surface area contributed by atoms with Crippen molar-refractivity contribution in [3.63, 3.8) is 0 Å². The maximum absolute atomic E-state index is 14.0. The Morgan fingerprint density at radius 3 is 2.44 bits per heavy atom. The third-order valence-electron chi connectivity index (χ3n) is 10.8. The molecule has 12 heteroatoms. The number of fused-ring (bicyclic) bond motifs is 2. The SMILES string of the molecule is CCN(C)C(=O)CO[C@H]1Cc2ccccc2C12CCN(CC[C@@]1(c3ccc(F)cc3)CN(C(=O)c3cc(CF)cc(C(F)(F)F)c3)CO1)CC2. The molecule has 6 rings (SSSR count). The minimum Gasteiger partial charge on any atom is -0.367 e. The molecular weight excluding hydrogens is 657 g/mol. The van der Waals surface area contributed by atoms with Crippen LogP contribution < -0.4 is 0 Å². The van der Waals surface area contributed by atoms with Gasteiger partial charge in [0.2, 0.25) is 5.91 Å². The highest BCUT2D eigenvalue weighted by atomic mass is 19.4. The van der Waals surface area contributed by atoms with Gasteiger partial charge in [-0.25, -0.2) is 8.78 Å². The van der Waals surface area contributed by atoms with Crippen LogP contribution in [0.15, 0.2) is 66.7 Å². The number of nitrogens with zero attached hydrogens (tertiary/aromatic N) is 3. The first-order valence-electron chi connectivity index (χ1n) is 17.0. The van der Waals surface area contributed by atoms with Gasteiger partial charge < -0.3 is 24.2 Å². The predicted octanol–water partition coefficient (Wildman–Crippen LogP) is 6.48. The molecule has 50 heavy (non-hydrogen) atoms. The van der Waals surface area contributed by atoms with Crippen LogP contribution in [0.4, 0.5) is 22.0 Å². The second kappa shape index (κ2) is 14.4. The molecule has 2 aliphatic heterocycles. The molecule has 0 saturated carbocycles. The van der Waals surface area contributed by atoms with Crippen LogP contribution in [0.2, 0.25) is 0 Å². The van der Waals surface area contributed by atoms with Gasteiger partial charge in [-0.1, -0.05) is 36.4 Å². The molecule has 3 aromatic carbocycles. The van der Waals surface area contributed by atoms with Gasteiger partial charge in [-0.2, -0.15) is 13.2 Å². The van der Waals surface area contributed by atoms with E-state index in [1.807, 2.05) is 19.1 Å². The minimum absolute atomic E-state index is 0.0246. The van der Waals surface area contributed by atoms with E-state index in [2.05, 4.69) is 17.0 Å². The summed E-state index contributed by atoms with van der Waals surface area (Å²) in [6.45, 7) is 3.31. The fourth-order valence-corrected chi connectivity index (χ4v) is 7.73. The van der Waals surface area contributed by atoms with Crippen LogP contribution >= 0.6 is 0 Å². The maximum atomic E-state index is 14.0. The number of carbonyl (C=O) groups excluding carboxylic acids is 2. The van der Waals surface area contributed by atoms with E-state index in [9.17, 15) is 31.5 Å². The highest BCUT2D eigenvalue weighted by molar-refractivity contribution is 5.94. The first kappa shape index (κ1) is 35.9. The standard InChI is InChI=1S/C38H42F5N3O4/c1-3-44(2)34(47)23-49-33-21-27-6-4-5-7-32(27)36(33)12-15-45(16-13-36)17-14-37(29-8-10-31(40)11-9-29)24-46(25-50-37)35(48)28-18-26(22-39)19-30(20-28)38(41,42)43/h4-11,18-20,33H,3,12-17,21-25H2,1-2H3/t33-,37-/m0/s1. The van der Waals surface area contributed by atoms with Crippen LogP contribution in [0.5, 0.6) is 0 Å². The van der Waals surface area contributed by atoms with Gasteiger partial charge in [-0.3, -0.25) is 9.59 Å². The number of amides is 2. The summed E-state index contributed by atoms with van der Waals surface area (Å²) in [6.07, 6.45) is -2.08. The van der Waals surface area contributed by atoms with Crippen LogP contribution in [0, 0.1) is 5.82 Å². The fraction of sp³-hybridized carbons (Fsp3) is 0.474. The Balaban J connectivity index is 1.17. The largest absolute Gasteiger partial charge is 0.416 e. The number of ether oxygens (including phenoxy) is 2. The van der Waals surface area contributed by atoms with Crippen molar-refractivity contribution in [3.8, 4) is 0 Å². The topological polar surface area (TPSA) is 62.3 Å². The molecule has 268 valence electrons. The Kier molecular flexibility index (Phi) is 10.3. The zero-order valence-electron chi connectivity index (χ0n) is 28.3. The normalized spacial score (nSPS) is 21.8. The van der Waals surface area contributed by atoms with Gasteiger partial charge in [-0.15, -0.1) is 0 Å². The van der Waals surface area contributed by atoms with E-state index in [1.165, 1.54) is 28.2 Å². The molecule has 0 unspecified atom stereocenters. The molecule has 2 heterocycles. The second-order valence-electron chi connectivity index (χ2n) is 13.6. The lowest BCUT2D eigenvalue weighted by Crippen LogP contribution is -2.49. The summed E-state index contributed by atoms with van der Waals surface area (Å²) < 4.78 is 80.8. The number of likely N-dealkylation sites (N-methyl/N-ethyl adjacent to an activating group) is 1. The first-order chi connectivity index (χ1) is 23.9. The number of piperidine rings is 1. The molecule has 0 N–H and O–H groups in total.